The summed E-state index contributed by atoms with van der Waals surface area (Å²) in [4.78, 5) is 12.5. The van der Waals surface area contributed by atoms with E-state index in [1.165, 1.54) is 4.90 Å². The fourth-order valence-electron chi connectivity index (χ4n) is 2.73. The van der Waals surface area contributed by atoms with E-state index in [0.717, 1.165) is 24.2 Å². The number of hydrogen-bond donors (Lipinski definition) is 2. The van der Waals surface area contributed by atoms with Crippen LogP contribution >= 0.6 is 0 Å². The quantitative estimate of drug-likeness (QED) is 0.904. The number of rotatable bonds is 4. The second kappa shape index (κ2) is 6.62. The van der Waals surface area contributed by atoms with Crippen LogP contribution in [0.2, 0.25) is 0 Å². The minimum Gasteiger partial charge on any atom is -0.465 e. The minimum atomic E-state index is -0.836. The Labute approximate surface area is 129 Å². The Morgan fingerprint density at radius 2 is 2.14 bits per heavy atom. The molecule has 1 fully saturated rings. The molecule has 0 saturated carbocycles. The normalized spacial score (nSPS) is 18.4. The molecule has 1 aliphatic rings. The Bertz CT molecular complexity index is 626. The molecule has 3 rings (SSSR count). The first-order chi connectivity index (χ1) is 10.7. The molecule has 6 heteroatoms. The van der Waals surface area contributed by atoms with Gasteiger partial charge < -0.3 is 15.3 Å². The standard InChI is InChI=1S/C16H20N4O2/c21-16(22)19-11-8-17-14(12-19)6-9-20-10-7-15(18-20)13-4-2-1-3-5-13/h1-5,7,10,14,17H,6,8-9,11-12H2,(H,21,22)/t14-/m1/s1. The third kappa shape index (κ3) is 3.46. The van der Waals surface area contributed by atoms with Crippen LogP contribution in [-0.2, 0) is 6.54 Å². The van der Waals surface area contributed by atoms with Crippen LogP contribution in [0, 0.1) is 0 Å². The van der Waals surface area contributed by atoms with Crippen LogP contribution in [0.3, 0.4) is 0 Å². The maximum atomic E-state index is 11.0. The van der Waals surface area contributed by atoms with E-state index in [9.17, 15) is 4.79 Å². The van der Waals surface area contributed by atoms with Crippen LogP contribution < -0.4 is 5.32 Å². The SMILES string of the molecule is O=C(O)N1CCN[C@H](CCn2ccc(-c3ccccc3)n2)C1. The van der Waals surface area contributed by atoms with Gasteiger partial charge in [-0.2, -0.15) is 5.10 Å². The lowest BCUT2D eigenvalue weighted by Crippen LogP contribution is -2.52. The van der Waals surface area contributed by atoms with Crippen LogP contribution in [0.4, 0.5) is 4.79 Å². The molecular formula is C16H20N4O2. The van der Waals surface area contributed by atoms with E-state index in [1.54, 1.807) is 0 Å². The fourth-order valence-corrected chi connectivity index (χ4v) is 2.73. The van der Waals surface area contributed by atoms with Gasteiger partial charge in [-0.15, -0.1) is 0 Å². The summed E-state index contributed by atoms with van der Waals surface area (Å²) < 4.78 is 1.92. The molecule has 0 bridgehead atoms. The molecule has 0 spiro atoms. The topological polar surface area (TPSA) is 70.4 Å². The minimum absolute atomic E-state index is 0.189. The smallest absolute Gasteiger partial charge is 0.407 e. The highest BCUT2D eigenvalue weighted by Gasteiger charge is 2.22. The molecule has 6 nitrogen and oxygen atoms in total. The summed E-state index contributed by atoms with van der Waals surface area (Å²) in [5, 5.41) is 17.0. The van der Waals surface area contributed by atoms with E-state index in [0.29, 0.717) is 19.6 Å². The Hall–Kier alpha value is -2.34. The molecule has 1 atom stereocenters. The lowest BCUT2D eigenvalue weighted by atomic mass is 10.1. The summed E-state index contributed by atoms with van der Waals surface area (Å²) in [6.45, 7) is 2.59. The molecule has 2 aromatic rings. The number of carboxylic acid groups (broad SMARTS) is 1. The zero-order valence-electron chi connectivity index (χ0n) is 12.4. The number of aromatic nitrogens is 2. The van der Waals surface area contributed by atoms with Gasteiger partial charge >= 0.3 is 6.09 Å². The molecule has 22 heavy (non-hydrogen) atoms. The van der Waals surface area contributed by atoms with Gasteiger partial charge in [0.1, 0.15) is 0 Å². The number of aryl methyl sites for hydroxylation is 1. The highest BCUT2D eigenvalue weighted by atomic mass is 16.4. The summed E-state index contributed by atoms with van der Waals surface area (Å²) >= 11 is 0. The second-order valence-corrected chi connectivity index (χ2v) is 5.50. The molecule has 0 aliphatic carbocycles. The number of benzene rings is 1. The van der Waals surface area contributed by atoms with Crippen LogP contribution in [0.15, 0.2) is 42.6 Å². The molecule has 1 aromatic heterocycles. The van der Waals surface area contributed by atoms with Crippen molar-refractivity contribution < 1.29 is 9.90 Å². The average Bonchev–Trinajstić information content (AvgIpc) is 3.03. The van der Waals surface area contributed by atoms with Crippen molar-refractivity contribution in [2.24, 2.45) is 0 Å². The molecule has 2 heterocycles. The highest BCUT2D eigenvalue weighted by Crippen LogP contribution is 2.16. The van der Waals surface area contributed by atoms with E-state index in [4.69, 9.17) is 5.11 Å². The third-order valence-corrected chi connectivity index (χ3v) is 3.94. The van der Waals surface area contributed by atoms with Gasteiger partial charge in [0.2, 0.25) is 0 Å². The van der Waals surface area contributed by atoms with Crippen molar-refractivity contribution in [2.75, 3.05) is 19.6 Å². The molecule has 0 radical (unpaired) electrons. The first kappa shape index (κ1) is 14.6. The molecule has 1 saturated heterocycles. The Morgan fingerprint density at radius 1 is 1.32 bits per heavy atom. The highest BCUT2D eigenvalue weighted by molar-refractivity contribution is 5.65. The van der Waals surface area contributed by atoms with E-state index in [-0.39, 0.29) is 6.04 Å². The van der Waals surface area contributed by atoms with Crippen LogP contribution in [0.25, 0.3) is 11.3 Å². The molecule has 1 aliphatic heterocycles. The van der Waals surface area contributed by atoms with Crippen molar-refractivity contribution in [1.29, 1.82) is 0 Å². The van der Waals surface area contributed by atoms with Gasteiger partial charge in [0.05, 0.1) is 5.69 Å². The summed E-state index contributed by atoms with van der Waals surface area (Å²) in [7, 11) is 0. The van der Waals surface area contributed by atoms with Crippen molar-refractivity contribution >= 4 is 6.09 Å². The molecule has 1 amide bonds. The van der Waals surface area contributed by atoms with Crippen molar-refractivity contribution in [2.45, 2.75) is 19.0 Å². The predicted molar refractivity (Wildman–Crippen MR) is 83.7 cm³/mol. The monoisotopic (exact) mass is 300 g/mol. The summed E-state index contributed by atoms with van der Waals surface area (Å²) in [6, 6.07) is 12.3. The van der Waals surface area contributed by atoms with Gasteiger partial charge in [0, 0.05) is 44.0 Å². The number of nitrogens with one attached hydrogen (secondary N) is 1. The molecular weight excluding hydrogens is 280 g/mol. The largest absolute Gasteiger partial charge is 0.465 e. The maximum absolute atomic E-state index is 11.0. The predicted octanol–water partition coefficient (Wildman–Crippen LogP) is 1.89. The van der Waals surface area contributed by atoms with Crippen molar-refractivity contribution in [3.05, 3.63) is 42.6 Å². The first-order valence-electron chi connectivity index (χ1n) is 7.52. The maximum Gasteiger partial charge on any atom is 0.407 e. The zero-order valence-corrected chi connectivity index (χ0v) is 12.4. The van der Waals surface area contributed by atoms with E-state index < -0.39 is 6.09 Å². The van der Waals surface area contributed by atoms with Gasteiger partial charge in [0.15, 0.2) is 0 Å². The Balaban J connectivity index is 1.56. The van der Waals surface area contributed by atoms with E-state index >= 15 is 0 Å². The second-order valence-electron chi connectivity index (χ2n) is 5.50. The van der Waals surface area contributed by atoms with Crippen LogP contribution in [0.1, 0.15) is 6.42 Å². The average molecular weight is 300 g/mol. The van der Waals surface area contributed by atoms with Gasteiger partial charge in [-0.25, -0.2) is 4.79 Å². The van der Waals surface area contributed by atoms with Crippen molar-refractivity contribution in [3.63, 3.8) is 0 Å². The number of carbonyl (C=O) groups is 1. The zero-order chi connectivity index (χ0) is 15.4. The lowest BCUT2D eigenvalue weighted by molar-refractivity contribution is 0.126. The van der Waals surface area contributed by atoms with Gasteiger partial charge in [-0.3, -0.25) is 4.68 Å². The molecule has 116 valence electrons. The van der Waals surface area contributed by atoms with Crippen molar-refractivity contribution in [1.82, 2.24) is 20.0 Å². The van der Waals surface area contributed by atoms with E-state index in [2.05, 4.69) is 10.4 Å². The lowest BCUT2D eigenvalue weighted by Gasteiger charge is -2.31. The molecule has 0 unspecified atom stereocenters. The summed E-state index contributed by atoms with van der Waals surface area (Å²) in [5.74, 6) is 0. The molecule has 1 aromatic carbocycles. The van der Waals surface area contributed by atoms with Crippen LogP contribution in [-0.4, -0.2) is 51.6 Å². The van der Waals surface area contributed by atoms with Crippen molar-refractivity contribution in [3.8, 4) is 11.3 Å². The fraction of sp³-hybridized carbons (Fsp3) is 0.375. The van der Waals surface area contributed by atoms with Gasteiger partial charge in [0.25, 0.3) is 0 Å². The van der Waals surface area contributed by atoms with E-state index in [1.807, 2.05) is 47.3 Å². The molecule has 2 N–H and O–H groups in total. The number of nitrogens with zero attached hydrogens (tertiary/aromatic N) is 3. The Morgan fingerprint density at radius 3 is 2.91 bits per heavy atom. The van der Waals surface area contributed by atoms with Gasteiger partial charge in [-0.05, 0) is 12.5 Å². The number of amides is 1. The summed E-state index contributed by atoms with van der Waals surface area (Å²) in [6.07, 6.45) is 2.00. The van der Waals surface area contributed by atoms with Gasteiger partial charge in [-0.1, -0.05) is 30.3 Å². The number of hydrogen-bond acceptors (Lipinski definition) is 3. The number of piperazine rings is 1. The Kier molecular flexibility index (Phi) is 4.39. The first-order valence-corrected chi connectivity index (χ1v) is 7.52. The van der Waals surface area contributed by atoms with Crippen LogP contribution in [0.5, 0.6) is 0 Å². The third-order valence-electron chi connectivity index (χ3n) is 3.94. The summed E-state index contributed by atoms with van der Waals surface area (Å²) in [5.41, 5.74) is 2.07.